The van der Waals surface area contributed by atoms with Gasteiger partial charge in [0.25, 0.3) is 5.91 Å². The van der Waals surface area contributed by atoms with Crippen molar-refractivity contribution in [3.8, 4) is 0 Å². The number of carbonyl (C=O) groups excluding carboxylic acids is 1. The highest BCUT2D eigenvalue weighted by molar-refractivity contribution is 5.95. The van der Waals surface area contributed by atoms with Crippen molar-refractivity contribution in [2.24, 2.45) is 5.10 Å². The minimum atomic E-state index is -0.189. The number of carbonyl (C=O) groups is 1. The van der Waals surface area contributed by atoms with Crippen molar-refractivity contribution in [1.82, 2.24) is 4.90 Å². The Morgan fingerprint density at radius 2 is 1.96 bits per heavy atom. The molecule has 1 aromatic rings. The van der Waals surface area contributed by atoms with E-state index >= 15 is 0 Å². The third-order valence-electron chi connectivity index (χ3n) is 5.10. The van der Waals surface area contributed by atoms with Crippen LogP contribution in [0.2, 0.25) is 0 Å². The van der Waals surface area contributed by atoms with Crippen LogP contribution in [0, 0.1) is 0 Å². The third kappa shape index (κ3) is 3.31. The molecule has 24 heavy (non-hydrogen) atoms. The van der Waals surface area contributed by atoms with Crippen molar-refractivity contribution in [2.45, 2.75) is 51.7 Å². The molecule has 5 nitrogen and oxygen atoms in total. The van der Waals surface area contributed by atoms with Crippen LogP contribution in [-0.2, 0) is 4.74 Å². The monoisotopic (exact) mass is 329 g/mol. The average molecular weight is 329 g/mol. The number of hydrogen-bond acceptors (Lipinski definition) is 4. The van der Waals surface area contributed by atoms with Crippen LogP contribution in [0.25, 0.3) is 0 Å². The Labute approximate surface area is 144 Å². The van der Waals surface area contributed by atoms with Gasteiger partial charge in [-0.05, 0) is 57.9 Å². The quantitative estimate of drug-likeness (QED) is 0.855. The van der Waals surface area contributed by atoms with Crippen LogP contribution in [-0.4, -0.2) is 48.4 Å². The topological polar surface area (TPSA) is 45.1 Å². The van der Waals surface area contributed by atoms with Gasteiger partial charge in [0.2, 0.25) is 0 Å². The largest absolute Gasteiger partial charge is 0.381 e. The number of benzene rings is 1. The Morgan fingerprint density at radius 3 is 2.50 bits per heavy atom. The molecule has 0 saturated carbocycles. The minimum absolute atomic E-state index is 0.0993. The number of likely N-dealkylation sites (tertiary alicyclic amines) is 1. The first-order valence-electron chi connectivity index (χ1n) is 8.67. The molecule has 0 aromatic heterocycles. The molecule has 0 spiro atoms. The predicted octanol–water partition coefficient (Wildman–Crippen LogP) is 3.30. The predicted molar refractivity (Wildman–Crippen MR) is 96.7 cm³/mol. The van der Waals surface area contributed by atoms with Gasteiger partial charge >= 0.3 is 0 Å². The summed E-state index contributed by atoms with van der Waals surface area (Å²) < 4.78 is 5.49. The van der Waals surface area contributed by atoms with Gasteiger partial charge in [-0.3, -0.25) is 9.80 Å². The van der Waals surface area contributed by atoms with E-state index < -0.39 is 0 Å². The lowest BCUT2D eigenvalue weighted by Crippen LogP contribution is -2.54. The van der Waals surface area contributed by atoms with Crippen LogP contribution in [0.15, 0.2) is 29.4 Å². The lowest BCUT2D eigenvalue weighted by molar-refractivity contribution is -0.0152. The highest BCUT2D eigenvalue weighted by Gasteiger charge is 2.38. The third-order valence-corrected chi connectivity index (χ3v) is 5.10. The van der Waals surface area contributed by atoms with Crippen molar-refractivity contribution in [3.05, 3.63) is 29.8 Å². The van der Waals surface area contributed by atoms with Crippen LogP contribution in [0.5, 0.6) is 0 Å². The van der Waals surface area contributed by atoms with E-state index in [9.17, 15) is 4.79 Å². The highest BCUT2D eigenvalue weighted by Crippen LogP contribution is 2.31. The van der Waals surface area contributed by atoms with Gasteiger partial charge in [0.05, 0.1) is 11.8 Å². The number of hydrazone groups is 1. The Morgan fingerprint density at radius 1 is 1.25 bits per heavy atom. The van der Waals surface area contributed by atoms with E-state index in [4.69, 9.17) is 4.74 Å². The highest BCUT2D eigenvalue weighted by atomic mass is 16.5. The second-order valence-corrected chi connectivity index (χ2v) is 7.38. The molecule has 1 atom stereocenters. The smallest absolute Gasteiger partial charge is 0.254 e. The van der Waals surface area contributed by atoms with Crippen molar-refractivity contribution in [3.63, 3.8) is 0 Å². The van der Waals surface area contributed by atoms with Crippen molar-refractivity contribution >= 4 is 17.3 Å². The second-order valence-electron chi connectivity index (χ2n) is 7.38. The molecule has 2 aliphatic rings. The van der Waals surface area contributed by atoms with Crippen LogP contribution < -0.4 is 5.01 Å². The Hall–Kier alpha value is -1.88. The number of ether oxygens (including phenoxy) is 1. The molecule has 1 unspecified atom stereocenters. The summed E-state index contributed by atoms with van der Waals surface area (Å²) >= 11 is 0. The molecule has 2 heterocycles. The fraction of sp³-hybridized carbons (Fsp3) is 0.579. The molecule has 1 saturated heterocycles. The maximum absolute atomic E-state index is 12.9. The van der Waals surface area contributed by atoms with Crippen LogP contribution in [0.4, 0.5) is 5.69 Å². The maximum atomic E-state index is 12.9. The van der Waals surface area contributed by atoms with E-state index in [1.54, 1.807) is 7.11 Å². The van der Waals surface area contributed by atoms with E-state index in [1.807, 2.05) is 41.1 Å². The second kappa shape index (κ2) is 6.55. The van der Waals surface area contributed by atoms with Gasteiger partial charge in [0, 0.05) is 43.4 Å². The average Bonchev–Trinajstić information content (AvgIpc) is 3.00. The Kier molecular flexibility index (Phi) is 4.63. The van der Waals surface area contributed by atoms with Crippen LogP contribution in [0.1, 0.15) is 50.4 Å². The lowest BCUT2D eigenvalue weighted by Gasteiger charge is -2.45. The van der Waals surface area contributed by atoms with Crippen molar-refractivity contribution in [1.29, 1.82) is 0 Å². The number of rotatable bonds is 3. The van der Waals surface area contributed by atoms with Gasteiger partial charge in [-0.25, -0.2) is 0 Å². The zero-order valence-electron chi connectivity index (χ0n) is 15.1. The fourth-order valence-corrected chi connectivity index (χ4v) is 3.62. The van der Waals surface area contributed by atoms with Gasteiger partial charge < -0.3 is 9.64 Å². The summed E-state index contributed by atoms with van der Waals surface area (Å²) in [6.07, 6.45) is 3.01. The number of methoxy groups -OCH3 is 1. The summed E-state index contributed by atoms with van der Waals surface area (Å²) in [6.45, 7) is 7.93. The molecule has 5 heteroatoms. The van der Waals surface area contributed by atoms with Gasteiger partial charge in [-0.15, -0.1) is 0 Å². The van der Waals surface area contributed by atoms with E-state index in [2.05, 4.69) is 18.9 Å². The molecular formula is C19H27N3O2. The van der Waals surface area contributed by atoms with Crippen LogP contribution in [0.3, 0.4) is 0 Å². The van der Waals surface area contributed by atoms with E-state index in [-0.39, 0.29) is 17.6 Å². The number of anilines is 1. The molecular weight excluding hydrogens is 302 g/mol. The molecule has 0 radical (unpaired) electrons. The number of amides is 1. The fourth-order valence-electron chi connectivity index (χ4n) is 3.62. The van der Waals surface area contributed by atoms with E-state index in [0.717, 1.165) is 49.3 Å². The zero-order valence-corrected chi connectivity index (χ0v) is 15.1. The maximum Gasteiger partial charge on any atom is 0.254 e. The summed E-state index contributed by atoms with van der Waals surface area (Å²) in [7, 11) is 1.75. The molecule has 0 bridgehead atoms. The number of nitrogens with zero attached hydrogens (tertiary/aromatic N) is 3. The first-order valence-corrected chi connectivity index (χ1v) is 8.67. The molecule has 2 aliphatic heterocycles. The number of hydrogen-bond donors (Lipinski definition) is 0. The van der Waals surface area contributed by atoms with Crippen LogP contribution >= 0.6 is 0 Å². The lowest BCUT2D eigenvalue weighted by atomic mass is 9.87. The van der Waals surface area contributed by atoms with Crippen molar-refractivity contribution < 1.29 is 9.53 Å². The van der Waals surface area contributed by atoms with Gasteiger partial charge in [-0.2, -0.15) is 5.10 Å². The van der Waals surface area contributed by atoms with Crippen molar-refractivity contribution in [2.75, 3.05) is 25.2 Å². The Balaban J connectivity index is 1.73. The molecule has 1 aromatic carbocycles. The standard InChI is InChI=1S/C19H27N3O2/c1-14-9-12-22(20-14)16-7-5-15(6-8-16)18(23)21-11-10-17(24-4)13-19(21,2)3/h5-8,17H,9-13H2,1-4H3. The molecule has 3 rings (SSSR count). The minimum Gasteiger partial charge on any atom is -0.381 e. The first-order chi connectivity index (χ1) is 11.4. The molecule has 1 amide bonds. The SMILES string of the molecule is COC1CCN(C(=O)c2ccc(N3CCC(C)=N3)cc2)C(C)(C)C1. The number of piperidine rings is 1. The Bertz CT molecular complexity index is 637. The summed E-state index contributed by atoms with van der Waals surface area (Å²) in [4.78, 5) is 14.9. The van der Waals surface area contributed by atoms with E-state index in [0.29, 0.717) is 0 Å². The summed E-state index contributed by atoms with van der Waals surface area (Å²) in [6, 6.07) is 7.81. The molecule has 1 fully saturated rings. The summed E-state index contributed by atoms with van der Waals surface area (Å²) in [5.41, 5.74) is 2.74. The first kappa shape index (κ1) is 17.0. The molecule has 0 N–H and O–H groups in total. The zero-order chi connectivity index (χ0) is 17.3. The normalized spacial score (nSPS) is 23.3. The van der Waals surface area contributed by atoms with Gasteiger partial charge in [-0.1, -0.05) is 0 Å². The van der Waals surface area contributed by atoms with Gasteiger partial charge in [0.15, 0.2) is 0 Å². The summed E-state index contributed by atoms with van der Waals surface area (Å²) in [5, 5.41) is 6.50. The van der Waals surface area contributed by atoms with E-state index in [1.165, 1.54) is 0 Å². The summed E-state index contributed by atoms with van der Waals surface area (Å²) in [5.74, 6) is 0.0993. The van der Waals surface area contributed by atoms with Gasteiger partial charge in [0.1, 0.15) is 0 Å². The molecule has 0 aliphatic carbocycles. The molecule has 130 valence electrons.